The van der Waals surface area contributed by atoms with Crippen LogP contribution in [-0.4, -0.2) is 63.4 Å². The molecule has 0 spiro atoms. The van der Waals surface area contributed by atoms with Gasteiger partial charge in [-0.15, -0.1) is 10.2 Å². The zero-order valence-electron chi connectivity index (χ0n) is 13.7. The van der Waals surface area contributed by atoms with Crippen molar-refractivity contribution in [3.63, 3.8) is 0 Å². The summed E-state index contributed by atoms with van der Waals surface area (Å²) in [4.78, 5) is 39.8. The van der Waals surface area contributed by atoms with E-state index >= 15 is 0 Å². The molecule has 1 aromatic rings. The van der Waals surface area contributed by atoms with Gasteiger partial charge in [-0.2, -0.15) is 0 Å². The maximum atomic E-state index is 12.4. The number of carbonyl (C=O) groups excluding carboxylic acids is 3. The largest absolute Gasteiger partial charge is 0.338 e. The molecule has 0 saturated carbocycles. The fraction of sp³-hybridized carbons (Fsp3) is 0.667. The third-order valence-electron chi connectivity index (χ3n) is 4.42. The van der Waals surface area contributed by atoms with E-state index in [9.17, 15) is 14.4 Å². The molecule has 2 aliphatic rings. The monoisotopic (exact) mass is 351 g/mol. The van der Waals surface area contributed by atoms with Crippen molar-refractivity contribution in [1.82, 2.24) is 20.0 Å². The highest BCUT2D eigenvalue weighted by molar-refractivity contribution is 7.15. The van der Waals surface area contributed by atoms with Gasteiger partial charge >= 0.3 is 11.8 Å². The van der Waals surface area contributed by atoms with Crippen LogP contribution in [0.3, 0.4) is 0 Å². The third-order valence-corrected chi connectivity index (χ3v) is 5.40. The molecule has 1 aromatic heterocycles. The van der Waals surface area contributed by atoms with Crippen LogP contribution in [0.4, 0.5) is 5.13 Å². The Morgan fingerprint density at radius 3 is 2.79 bits per heavy atom. The van der Waals surface area contributed by atoms with Crippen LogP contribution in [0.15, 0.2) is 0 Å². The van der Waals surface area contributed by atoms with Crippen LogP contribution in [0.2, 0.25) is 0 Å². The molecule has 0 aliphatic carbocycles. The Labute approximate surface area is 144 Å². The number of aryl methyl sites for hydroxylation is 1. The van der Waals surface area contributed by atoms with Gasteiger partial charge in [0.2, 0.25) is 11.0 Å². The van der Waals surface area contributed by atoms with E-state index < -0.39 is 11.8 Å². The van der Waals surface area contributed by atoms with Gasteiger partial charge in [-0.3, -0.25) is 19.7 Å². The van der Waals surface area contributed by atoms with Crippen molar-refractivity contribution in [3.8, 4) is 0 Å². The summed E-state index contributed by atoms with van der Waals surface area (Å²) < 4.78 is 0. The second-order valence-corrected chi connectivity index (χ2v) is 7.11. The molecule has 0 bridgehead atoms. The minimum absolute atomic E-state index is 0.0266. The van der Waals surface area contributed by atoms with Crippen LogP contribution in [0.1, 0.15) is 37.6 Å². The average molecular weight is 351 g/mol. The van der Waals surface area contributed by atoms with E-state index in [2.05, 4.69) is 15.5 Å². The number of amides is 3. The highest BCUT2D eigenvalue weighted by Gasteiger charge is 2.34. The maximum absolute atomic E-state index is 12.4. The molecule has 3 amide bonds. The van der Waals surface area contributed by atoms with Gasteiger partial charge in [0.15, 0.2) is 0 Å². The number of likely N-dealkylation sites (tertiary alicyclic amines) is 2. The van der Waals surface area contributed by atoms with E-state index in [4.69, 9.17) is 0 Å². The van der Waals surface area contributed by atoms with Gasteiger partial charge in [0.05, 0.1) is 0 Å². The molecular formula is C15H21N5O3S. The quantitative estimate of drug-likeness (QED) is 0.807. The van der Waals surface area contributed by atoms with Gasteiger partial charge in [-0.1, -0.05) is 18.3 Å². The molecule has 1 unspecified atom stereocenters. The minimum Gasteiger partial charge on any atom is -0.338 e. The number of nitrogens with zero attached hydrogens (tertiary/aromatic N) is 4. The molecule has 3 rings (SSSR count). The lowest BCUT2D eigenvalue weighted by atomic mass is 10.0. The molecule has 2 aliphatic heterocycles. The average Bonchev–Trinajstić information content (AvgIpc) is 3.23. The van der Waals surface area contributed by atoms with Gasteiger partial charge in [0.1, 0.15) is 5.01 Å². The Bertz CT molecular complexity index is 647. The first-order chi connectivity index (χ1) is 11.6. The zero-order valence-corrected chi connectivity index (χ0v) is 14.5. The van der Waals surface area contributed by atoms with Crippen molar-refractivity contribution in [1.29, 1.82) is 0 Å². The van der Waals surface area contributed by atoms with Gasteiger partial charge in [-0.05, 0) is 25.7 Å². The van der Waals surface area contributed by atoms with E-state index in [0.717, 1.165) is 37.2 Å². The summed E-state index contributed by atoms with van der Waals surface area (Å²) in [7, 11) is 0. The van der Waals surface area contributed by atoms with E-state index in [1.807, 2.05) is 11.8 Å². The molecule has 24 heavy (non-hydrogen) atoms. The minimum atomic E-state index is -0.692. The Balaban J connectivity index is 1.59. The first-order valence-electron chi connectivity index (χ1n) is 8.30. The van der Waals surface area contributed by atoms with Crippen molar-refractivity contribution in [2.24, 2.45) is 0 Å². The highest BCUT2D eigenvalue weighted by Crippen LogP contribution is 2.22. The fourth-order valence-corrected chi connectivity index (χ4v) is 3.86. The van der Waals surface area contributed by atoms with Gasteiger partial charge in [-0.25, -0.2) is 0 Å². The molecular weight excluding hydrogens is 330 g/mol. The summed E-state index contributed by atoms with van der Waals surface area (Å²) in [6.45, 7) is 3.67. The number of nitrogens with one attached hydrogen (secondary N) is 1. The Kier molecular flexibility index (Phi) is 5.08. The fourth-order valence-electron chi connectivity index (χ4n) is 3.19. The molecule has 2 fully saturated rings. The van der Waals surface area contributed by atoms with Gasteiger partial charge < -0.3 is 9.80 Å². The Morgan fingerprint density at radius 1 is 1.29 bits per heavy atom. The number of rotatable bonds is 3. The van der Waals surface area contributed by atoms with Crippen LogP contribution >= 0.6 is 11.3 Å². The first-order valence-corrected chi connectivity index (χ1v) is 9.12. The van der Waals surface area contributed by atoms with Gasteiger partial charge in [0.25, 0.3) is 0 Å². The van der Waals surface area contributed by atoms with Crippen molar-refractivity contribution < 1.29 is 14.4 Å². The maximum Gasteiger partial charge on any atom is 0.315 e. The van der Waals surface area contributed by atoms with Crippen molar-refractivity contribution >= 4 is 34.2 Å². The standard InChI is InChI=1S/C15H21N5O3S/c1-2-11-17-18-15(24-11)16-13(22)14(23)19-7-3-5-10(9-19)20-8-4-6-12(20)21/h10H,2-9H2,1H3,(H,16,18,22). The predicted octanol–water partition coefficient (Wildman–Crippen LogP) is 0.652. The van der Waals surface area contributed by atoms with Crippen LogP contribution in [0.5, 0.6) is 0 Å². The van der Waals surface area contributed by atoms with Crippen LogP contribution in [-0.2, 0) is 20.8 Å². The summed E-state index contributed by atoms with van der Waals surface area (Å²) in [5.74, 6) is -1.11. The molecule has 1 N–H and O–H groups in total. The lowest BCUT2D eigenvalue weighted by Gasteiger charge is -2.37. The number of hydrogen-bond acceptors (Lipinski definition) is 6. The highest BCUT2D eigenvalue weighted by atomic mass is 32.1. The van der Waals surface area contributed by atoms with Crippen LogP contribution in [0, 0.1) is 0 Å². The van der Waals surface area contributed by atoms with Gasteiger partial charge in [0, 0.05) is 32.1 Å². The Morgan fingerprint density at radius 2 is 2.12 bits per heavy atom. The summed E-state index contributed by atoms with van der Waals surface area (Å²) in [5, 5.41) is 11.4. The van der Waals surface area contributed by atoms with Crippen molar-refractivity contribution in [2.45, 2.75) is 45.1 Å². The molecule has 8 nitrogen and oxygen atoms in total. The topological polar surface area (TPSA) is 95.5 Å². The number of hydrogen-bond donors (Lipinski definition) is 1. The summed E-state index contributed by atoms with van der Waals surface area (Å²) in [5.41, 5.74) is 0. The van der Waals surface area contributed by atoms with Crippen LogP contribution < -0.4 is 5.32 Å². The molecule has 3 heterocycles. The smallest absolute Gasteiger partial charge is 0.315 e. The molecule has 0 radical (unpaired) electrons. The molecule has 1 atom stereocenters. The molecule has 130 valence electrons. The summed E-state index contributed by atoms with van der Waals surface area (Å²) >= 11 is 1.27. The van der Waals surface area contributed by atoms with E-state index in [0.29, 0.717) is 24.6 Å². The number of piperidine rings is 1. The normalized spacial score (nSPS) is 21.2. The third kappa shape index (κ3) is 3.55. The predicted molar refractivity (Wildman–Crippen MR) is 88.5 cm³/mol. The summed E-state index contributed by atoms with van der Waals surface area (Å²) in [6, 6.07) is 0.0266. The van der Waals surface area contributed by atoms with E-state index in [1.165, 1.54) is 16.2 Å². The molecule has 0 aromatic carbocycles. The van der Waals surface area contributed by atoms with E-state index in [1.54, 1.807) is 0 Å². The zero-order chi connectivity index (χ0) is 17.1. The molecule has 9 heteroatoms. The second-order valence-electron chi connectivity index (χ2n) is 6.05. The number of aromatic nitrogens is 2. The first kappa shape index (κ1) is 16.8. The SMILES string of the molecule is CCc1nnc(NC(=O)C(=O)N2CCCC(N3CCCC3=O)C2)s1. The lowest BCUT2D eigenvalue weighted by molar-refractivity contribution is -0.145. The lowest BCUT2D eigenvalue weighted by Crippen LogP contribution is -2.52. The van der Waals surface area contributed by atoms with Crippen molar-refractivity contribution in [2.75, 3.05) is 25.0 Å². The van der Waals surface area contributed by atoms with E-state index in [-0.39, 0.29) is 11.9 Å². The van der Waals surface area contributed by atoms with Crippen LogP contribution in [0.25, 0.3) is 0 Å². The number of carbonyl (C=O) groups is 3. The number of anilines is 1. The Hall–Kier alpha value is -2.03. The molecule has 2 saturated heterocycles. The summed E-state index contributed by atoms with van der Waals surface area (Å²) in [6.07, 6.45) is 3.88. The van der Waals surface area contributed by atoms with Crippen molar-refractivity contribution in [3.05, 3.63) is 5.01 Å². The second kappa shape index (κ2) is 7.25.